The summed E-state index contributed by atoms with van der Waals surface area (Å²) in [5, 5.41) is 12.7. The molecule has 1 aromatic heterocycles. The molecule has 30 heavy (non-hydrogen) atoms. The lowest BCUT2D eigenvalue weighted by atomic mass is 10.1. The molecule has 2 atom stereocenters. The van der Waals surface area contributed by atoms with Crippen molar-refractivity contribution in [3.63, 3.8) is 0 Å². The standard InChI is InChI=1S/C21H32N6O2.ClH/c1-3-5-20(21-22-23-24-27(21)16-19-6-4-15-29-19)26-13-11-25(12-14-26)17-7-9-18(28-2)10-8-17;/h7-10,19-20H,3-6,11-16H2,1-2H3;1H. The molecule has 9 heteroatoms. The van der Waals surface area contributed by atoms with Gasteiger partial charge >= 0.3 is 0 Å². The van der Waals surface area contributed by atoms with Gasteiger partial charge in [0.05, 0.1) is 25.8 Å². The predicted octanol–water partition coefficient (Wildman–Crippen LogP) is 2.95. The van der Waals surface area contributed by atoms with Crippen LogP contribution in [0.15, 0.2) is 24.3 Å². The Morgan fingerprint density at radius 3 is 2.57 bits per heavy atom. The van der Waals surface area contributed by atoms with Crippen molar-refractivity contribution >= 4 is 18.1 Å². The lowest BCUT2D eigenvalue weighted by Crippen LogP contribution is -2.48. The number of rotatable bonds is 8. The summed E-state index contributed by atoms with van der Waals surface area (Å²) in [6.45, 7) is 7.85. The maximum absolute atomic E-state index is 5.80. The van der Waals surface area contributed by atoms with Crippen molar-refractivity contribution < 1.29 is 9.47 Å². The molecule has 0 radical (unpaired) electrons. The lowest BCUT2D eigenvalue weighted by Gasteiger charge is -2.39. The molecule has 0 N–H and O–H groups in total. The van der Waals surface area contributed by atoms with Gasteiger partial charge in [0.15, 0.2) is 5.82 Å². The zero-order valence-electron chi connectivity index (χ0n) is 17.9. The Morgan fingerprint density at radius 1 is 1.17 bits per heavy atom. The quantitative estimate of drug-likeness (QED) is 0.630. The minimum atomic E-state index is 0. The summed E-state index contributed by atoms with van der Waals surface area (Å²) in [6.07, 6.45) is 4.64. The van der Waals surface area contributed by atoms with Gasteiger partial charge in [0.2, 0.25) is 0 Å². The molecular weight excluding hydrogens is 404 g/mol. The second kappa shape index (κ2) is 10.9. The van der Waals surface area contributed by atoms with Crippen molar-refractivity contribution in [3.8, 4) is 5.75 Å². The lowest BCUT2D eigenvalue weighted by molar-refractivity contribution is 0.0891. The predicted molar refractivity (Wildman–Crippen MR) is 118 cm³/mol. The van der Waals surface area contributed by atoms with E-state index in [2.05, 4.69) is 44.4 Å². The number of hydrogen-bond donors (Lipinski definition) is 0. The van der Waals surface area contributed by atoms with Crippen LogP contribution in [-0.2, 0) is 11.3 Å². The molecule has 0 bridgehead atoms. The maximum Gasteiger partial charge on any atom is 0.168 e. The van der Waals surface area contributed by atoms with E-state index in [4.69, 9.17) is 9.47 Å². The highest BCUT2D eigenvalue weighted by molar-refractivity contribution is 5.85. The van der Waals surface area contributed by atoms with Crippen LogP contribution in [0.4, 0.5) is 5.69 Å². The van der Waals surface area contributed by atoms with Gasteiger partial charge in [0, 0.05) is 38.5 Å². The Morgan fingerprint density at radius 2 is 1.93 bits per heavy atom. The van der Waals surface area contributed by atoms with Gasteiger partial charge in [-0.25, -0.2) is 4.68 Å². The molecule has 0 amide bonds. The Balaban J connectivity index is 0.00000256. The van der Waals surface area contributed by atoms with Crippen molar-refractivity contribution in [2.75, 3.05) is 44.8 Å². The number of halogens is 1. The molecule has 0 saturated carbocycles. The minimum Gasteiger partial charge on any atom is -0.497 e. The molecule has 2 aliphatic heterocycles. The number of piperazine rings is 1. The maximum atomic E-state index is 5.80. The van der Waals surface area contributed by atoms with Crippen molar-refractivity contribution in [2.45, 2.75) is 51.3 Å². The number of benzene rings is 1. The third kappa shape index (κ3) is 5.22. The van der Waals surface area contributed by atoms with Crippen LogP contribution in [0.3, 0.4) is 0 Å². The normalized spacial score (nSPS) is 20.7. The molecule has 0 aliphatic carbocycles. The van der Waals surface area contributed by atoms with Crippen molar-refractivity contribution in [1.82, 2.24) is 25.1 Å². The Bertz CT molecular complexity index is 757. The van der Waals surface area contributed by atoms with Crippen LogP contribution >= 0.6 is 12.4 Å². The van der Waals surface area contributed by atoms with E-state index in [0.717, 1.165) is 76.6 Å². The summed E-state index contributed by atoms with van der Waals surface area (Å²) in [5.41, 5.74) is 1.25. The Labute approximate surface area is 184 Å². The zero-order valence-corrected chi connectivity index (χ0v) is 18.8. The fourth-order valence-corrected chi connectivity index (χ4v) is 4.39. The van der Waals surface area contributed by atoms with E-state index in [9.17, 15) is 0 Å². The number of ether oxygens (including phenoxy) is 2. The molecular formula is C21H33ClN6O2. The molecule has 1 aromatic carbocycles. The van der Waals surface area contributed by atoms with E-state index in [1.165, 1.54) is 5.69 Å². The van der Waals surface area contributed by atoms with E-state index in [1.54, 1.807) is 7.11 Å². The summed E-state index contributed by atoms with van der Waals surface area (Å²) >= 11 is 0. The van der Waals surface area contributed by atoms with Gasteiger partial charge in [0.25, 0.3) is 0 Å². The minimum absolute atomic E-state index is 0. The first-order valence-corrected chi connectivity index (χ1v) is 10.8. The van der Waals surface area contributed by atoms with E-state index in [-0.39, 0.29) is 24.6 Å². The molecule has 2 saturated heterocycles. The zero-order chi connectivity index (χ0) is 20.1. The van der Waals surface area contributed by atoms with Crippen LogP contribution in [0, 0.1) is 0 Å². The molecule has 2 fully saturated rings. The van der Waals surface area contributed by atoms with Crippen LogP contribution in [0.2, 0.25) is 0 Å². The Kier molecular flexibility index (Phi) is 8.30. The van der Waals surface area contributed by atoms with Crippen LogP contribution < -0.4 is 9.64 Å². The van der Waals surface area contributed by atoms with Gasteiger partial charge in [-0.2, -0.15) is 0 Å². The molecule has 0 spiro atoms. The highest BCUT2D eigenvalue weighted by atomic mass is 35.5. The van der Waals surface area contributed by atoms with E-state index in [1.807, 2.05) is 16.8 Å². The van der Waals surface area contributed by atoms with Crippen LogP contribution in [0.1, 0.15) is 44.5 Å². The summed E-state index contributed by atoms with van der Waals surface area (Å²) in [4.78, 5) is 4.98. The summed E-state index contributed by atoms with van der Waals surface area (Å²) in [5.74, 6) is 1.88. The van der Waals surface area contributed by atoms with Gasteiger partial charge in [-0.05, 0) is 54.0 Å². The van der Waals surface area contributed by atoms with Crippen LogP contribution in [0.25, 0.3) is 0 Å². The number of methoxy groups -OCH3 is 1. The smallest absolute Gasteiger partial charge is 0.168 e. The number of hydrogen-bond acceptors (Lipinski definition) is 7. The first-order valence-electron chi connectivity index (χ1n) is 10.8. The molecule has 2 aliphatic rings. The average molecular weight is 437 g/mol. The van der Waals surface area contributed by atoms with E-state index in [0.29, 0.717) is 0 Å². The number of tetrazole rings is 1. The van der Waals surface area contributed by atoms with Gasteiger partial charge in [-0.1, -0.05) is 13.3 Å². The van der Waals surface area contributed by atoms with E-state index >= 15 is 0 Å². The fraction of sp³-hybridized carbons (Fsp3) is 0.667. The first-order chi connectivity index (χ1) is 14.3. The second-order valence-electron chi connectivity index (χ2n) is 7.88. The number of nitrogens with zero attached hydrogens (tertiary/aromatic N) is 6. The van der Waals surface area contributed by atoms with Crippen molar-refractivity contribution in [3.05, 3.63) is 30.1 Å². The Hall–Kier alpha value is -1.90. The SMILES string of the molecule is CCCC(c1nnnn1CC1CCCO1)N1CCN(c2ccc(OC)cc2)CC1.Cl. The van der Waals surface area contributed by atoms with Gasteiger partial charge in [-0.15, -0.1) is 17.5 Å². The molecule has 8 nitrogen and oxygen atoms in total. The van der Waals surface area contributed by atoms with Gasteiger partial charge < -0.3 is 14.4 Å². The molecule has 3 heterocycles. The largest absolute Gasteiger partial charge is 0.497 e. The van der Waals surface area contributed by atoms with Gasteiger partial charge in [-0.3, -0.25) is 4.90 Å². The number of aromatic nitrogens is 4. The molecule has 2 unspecified atom stereocenters. The summed E-state index contributed by atoms with van der Waals surface area (Å²) in [6, 6.07) is 8.59. The molecule has 4 rings (SSSR count). The highest BCUT2D eigenvalue weighted by Gasteiger charge is 2.29. The van der Waals surface area contributed by atoms with Crippen LogP contribution in [0.5, 0.6) is 5.75 Å². The molecule has 2 aromatic rings. The summed E-state index contributed by atoms with van der Waals surface area (Å²) < 4.78 is 13.1. The van der Waals surface area contributed by atoms with Gasteiger partial charge in [0.1, 0.15) is 5.75 Å². The first kappa shape index (κ1) is 22.8. The molecule has 166 valence electrons. The third-order valence-corrected chi connectivity index (χ3v) is 6.01. The average Bonchev–Trinajstić information content (AvgIpc) is 3.45. The van der Waals surface area contributed by atoms with Crippen molar-refractivity contribution in [1.29, 1.82) is 0 Å². The van der Waals surface area contributed by atoms with Crippen LogP contribution in [-0.4, -0.2) is 71.1 Å². The van der Waals surface area contributed by atoms with E-state index < -0.39 is 0 Å². The third-order valence-electron chi connectivity index (χ3n) is 6.01. The van der Waals surface area contributed by atoms with Crippen molar-refractivity contribution in [2.24, 2.45) is 0 Å². The highest BCUT2D eigenvalue weighted by Crippen LogP contribution is 2.28. The summed E-state index contributed by atoms with van der Waals surface area (Å²) in [7, 11) is 1.70. The monoisotopic (exact) mass is 436 g/mol. The second-order valence-corrected chi connectivity index (χ2v) is 7.88. The number of anilines is 1. The topological polar surface area (TPSA) is 68.5 Å². The fourth-order valence-electron chi connectivity index (χ4n) is 4.39.